The van der Waals surface area contributed by atoms with Crippen LogP contribution in [-0.4, -0.2) is 28.6 Å². The predicted octanol–water partition coefficient (Wildman–Crippen LogP) is 5.70. The maximum atomic E-state index is 13.5. The highest BCUT2D eigenvalue weighted by molar-refractivity contribution is 7.17. The number of pyridine rings is 1. The summed E-state index contributed by atoms with van der Waals surface area (Å²) in [5.74, 6) is -4.29. The summed E-state index contributed by atoms with van der Waals surface area (Å²) in [6.45, 7) is 1.60. The zero-order valence-corrected chi connectivity index (χ0v) is 21.9. The third kappa shape index (κ3) is 6.30. The van der Waals surface area contributed by atoms with Crippen molar-refractivity contribution in [2.45, 2.75) is 26.3 Å². The van der Waals surface area contributed by atoms with Gasteiger partial charge in [-0.15, -0.1) is 11.3 Å². The molecule has 0 saturated carbocycles. The van der Waals surface area contributed by atoms with Crippen molar-refractivity contribution in [2.24, 2.45) is 0 Å². The van der Waals surface area contributed by atoms with E-state index in [1.54, 1.807) is 19.1 Å². The van der Waals surface area contributed by atoms with Gasteiger partial charge < -0.3 is 15.2 Å². The molecule has 7 nitrogen and oxygen atoms in total. The fourth-order valence-electron chi connectivity index (χ4n) is 4.00. The molecule has 204 valence electrons. The first-order chi connectivity index (χ1) is 19.2. The molecular formula is C29H22F3N3O4S. The van der Waals surface area contributed by atoms with Crippen LogP contribution in [0.15, 0.2) is 54.6 Å². The van der Waals surface area contributed by atoms with Gasteiger partial charge in [0.15, 0.2) is 11.6 Å². The number of nitrogens with zero attached hydrogens (tertiary/aromatic N) is 2. The minimum atomic E-state index is -1.03. The quantitative estimate of drug-likeness (QED) is 0.252. The second kappa shape index (κ2) is 12.4. The Morgan fingerprint density at radius 3 is 2.42 bits per heavy atom. The molecule has 4 rings (SSSR count). The Kier molecular flexibility index (Phi) is 8.81. The molecule has 0 radical (unpaired) electrons. The lowest BCUT2D eigenvalue weighted by molar-refractivity contribution is 0.0525. The second-order valence-electron chi connectivity index (χ2n) is 8.56. The topological polar surface area (TPSA) is 112 Å². The molecule has 11 heteroatoms. The number of benzene rings is 2. The number of rotatable bonds is 9. The van der Waals surface area contributed by atoms with Crippen LogP contribution in [0.25, 0.3) is 10.4 Å². The summed E-state index contributed by atoms with van der Waals surface area (Å²) in [5, 5.41) is 23.0. The van der Waals surface area contributed by atoms with Crippen molar-refractivity contribution in [3.05, 3.63) is 105 Å². The fraction of sp³-hybridized carbons (Fsp3) is 0.172. The lowest BCUT2D eigenvalue weighted by atomic mass is 9.96. The Balaban J connectivity index is 1.68. The SMILES string of the molecule is CCOC(=O)c1c(CCc2ccc(F)cc2)nc(O)c(C#N)c1-c1ccc(C(=O)NCc2ccc(F)c(F)c2)s1. The van der Waals surface area contributed by atoms with E-state index in [4.69, 9.17) is 4.74 Å². The molecule has 2 N–H and O–H groups in total. The number of carbonyl (C=O) groups excluding carboxylic acids is 2. The summed E-state index contributed by atoms with van der Waals surface area (Å²) >= 11 is 0.962. The molecule has 0 atom stereocenters. The van der Waals surface area contributed by atoms with E-state index >= 15 is 0 Å². The minimum Gasteiger partial charge on any atom is -0.492 e. The van der Waals surface area contributed by atoms with Crippen molar-refractivity contribution in [2.75, 3.05) is 6.61 Å². The molecule has 2 aromatic carbocycles. The summed E-state index contributed by atoms with van der Waals surface area (Å²) in [5.41, 5.74) is 1.09. The molecule has 2 heterocycles. The summed E-state index contributed by atoms with van der Waals surface area (Å²) in [4.78, 5) is 30.6. The van der Waals surface area contributed by atoms with Crippen molar-refractivity contribution >= 4 is 23.2 Å². The summed E-state index contributed by atoms with van der Waals surface area (Å²) in [7, 11) is 0. The largest absolute Gasteiger partial charge is 0.492 e. The number of esters is 1. The summed E-state index contributed by atoms with van der Waals surface area (Å²) in [6, 6.07) is 14.0. The molecule has 4 aromatic rings. The summed E-state index contributed by atoms with van der Waals surface area (Å²) in [6.07, 6.45) is 0.519. The van der Waals surface area contributed by atoms with E-state index in [1.807, 2.05) is 6.07 Å². The number of carbonyl (C=O) groups is 2. The van der Waals surface area contributed by atoms with Gasteiger partial charge in [-0.1, -0.05) is 18.2 Å². The van der Waals surface area contributed by atoms with Crippen LogP contribution in [0.2, 0.25) is 0 Å². The van der Waals surface area contributed by atoms with Crippen LogP contribution in [0.4, 0.5) is 13.2 Å². The number of thiophene rings is 1. The van der Waals surface area contributed by atoms with Gasteiger partial charge in [-0.25, -0.2) is 22.9 Å². The maximum absolute atomic E-state index is 13.5. The molecule has 0 aliphatic heterocycles. The van der Waals surface area contributed by atoms with Gasteiger partial charge in [0, 0.05) is 17.0 Å². The summed E-state index contributed by atoms with van der Waals surface area (Å²) < 4.78 is 45.2. The Morgan fingerprint density at radius 2 is 1.75 bits per heavy atom. The van der Waals surface area contributed by atoms with Crippen LogP contribution in [0.3, 0.4) is 0 Å². The molecule has 2 aromatic heterocycles. The van der Waals surface area contributed by atoms with E-state index in [0.717, 1.165) is 29.0 Å². The van der Waals surface area contributed by atoms with E-state index in [-0.39, 0.29) is 46.8 Å². The van der Waals surface area contributed by atoms with Crippen molar-refractivity contribution in [3.8, 4) is 22.4 Å². The molecule has 40 heavy (non-hydrogen) atoms. The van der Waals surface area contributed by atoms with Gasteiger partial charge in [-0.05, 0) is 67.3 Å². The average molecular weight is 566 g/mol. The number of aromatic hydroxyl groups is 1. The third-order valence-corrected chi connectivity index (χ3v) is 7.02. The second-order valence-corrected chi connectivity index (χ2v) is 9.64. The van der Waals surface area contributed by atoms with Crippen molar-refractivity contribution in [3.63, 3.8) is 0 Å². The Bertz CT molecular complexity index is 1610. The van der Waals surface area contributed by atoms with Gasteiger partial charge in [0.25, 0.3) is 5.91 Å². The molecule has 0 saturated heterocycles. The number of halogens is 3. The van der Waals surface area contributed by atoms with E-state index < -0.39 is 35.2 Å². The highest BCUT2D eigenvalue weighted by atomic mass is 32.1. The first kappa shape index (κ1) is 28.3. The van der Waals surface area contributed by atoms with Gasteiger partial charge in [-0.3, -0.25) is 4.79 Å². The Morgan fingerprint density at radius 1 is 1.02 bits per heavy atom. The first-order valence-electron chi connectivity index (χ1n) is 12.1. The lowest BCUT2D eigenvalue weighted by Crippen LogP contribution is -2.21. The molecule has 0 bridgehead atoms. The molecule has 0 aliphatic rings. The van der Waals surface area contributed by atoms with E-state index in [9.17, 15) is 33.1 Å². The standard InChI is InChI=1S/C29H22F3N3O4S/c1-2-39-29(38)26-22(10-6-16-3-7-18(30)8-4-16)35-27(36)19(14-33)25(26)23-11-12-24(40-23)28(37)34-15-17-5-9-20(31)21(32)13-17/h3-5,7-9,11-13H,2,6,10,15H2,1H3,(H,34,37)(H,35,36). The number of hydrogen-bond donors (Lipinski definition) is 2. The van der Waals surface area contributed by atoms with Crippen LogP contribution in [-0.2, 0) is 24.1 Å². The van der Waals surface area contributed by atoms with Crippen LogP contribution < -0.4 is 5.32 Å². The molecule has 0 fully saturated rings. The molecule has 0 unspecified atom stereocenters. The van der Waals surface area contributed by atoms with Gasteiger partial charge >= 0.3 is 5.97 Å². The number of ether oxygens (including phenoxy) is 1. The first-order valence-corrected chi connectivity index (χ1v) is 12.9. The molecule has 1 amide bonds. The maximum Gasteiger partial charge on any atom is 0.340 e. The van der Waals surface area contributed by atoms with E-state index in [2.05, 4.69) is 10.3 Å². The number of amides is 1. The smallest absolute Gasteiger partial charge is 0.340 e. The molecule has 0 aliphatic carbocycles. The Hall–Kier alpha value is -4.69. The number of aryl methyl sites for hydroxylation is 2. The van der Waals surface area contributed by atoms with E-state index in [1.165, 1.54) is 30.3 Å². The fourth-order valence-corrected chi connectivity index (χ4v) is 4.98. The van der Waals surface area contributed by atoms with Crippen LogP contribution >= 0.6 is 11.3 Å². The van der Waals surface area contributed by atoms with Crippen LogP contribution in [0.1, 0.15) is 49.3 Å². The lowest BCUT2D eigenvalue weighted by Gasteiger charge is -2.15. The average Bonchev–Trinajstić information content (AvgIpc) is 3.43. The van der Waals surface area contributed by atoms with Gasteiger partial charge in [0.1, 0.15) is 17.4 Å². The number of nitrogens with one attached hydrogen (secondary N) is 1. The van der Waals surface area contributed by atoms with Crippen LogP contribution in [0, 0.1) is 28.8 Å². The normalized spacial score (nSPS) is 10.7. The molecular weight excluding hydrogens is 543 g/mol. The van der Waals surface area contributed by atoms with Crippen molar-refractivity contribution in [1.82, 2.24) is 10.3 Å². The highest BCUT2D eigenvalue weighted by Crippen LogP contribution is 2.38. The third-order valence-electron chi connectivity index (χ3n) is 5.92. The zero-order valence-electron chi connectivity index (χ0n) is 21.1. The zero-order chi connectivity index (χ0) is 28.8. The van der Waals surface area contributed by atoms with Crippen molar-refractivity contribution in [1.29, 1.82) is 5.26 Å². The minimum absolute atomic E-state index is 0.0195. The number of aromatic nitrogens is 1. The van der Waals surface area contributed by atoms with Gasteiger partial charge in [0.05, 0.1) is 22.7 Å². The van der Waals surface area contributed by atoms with Gasteiger partial charge in [0.2, 0.25) is 5.88 Å². The number of hydrogen-bond acceptors (Lipinski definition) is 7. The number of nitriles is 1. The predicted molar refractivity (Wildman–Crippen MR) is 141 cm³/mol. The highest BCUT2D eigenvalue weighted by Gasteiger charge is 2.28. The van der Waals surface area contributed by atoms with Gasteiger partial charge in [-0.2, -0.15) is 5.26 Å². The Labute approximate surface area is 231 Å². The van der Waals surface area contributed by atoms with E-state index in [0.29, 0.717) is 16.9 Å². The monoisotopic (exact) mass is 565 g/mol. The molecule has 0 spiro atoms. The van der Waals surface area contributed by atoms with Crippen LogP contribution in [0.5, 0.6) is 5.88 Å². The van der Waals surface area contributed by atoms with Crippen molar-refractivity contribution < 1.29 is 32.6 Å².